The summed E-state index contributed by atoms with van der Waals surface area (Å²) in [6.45, 7) is 8.24. The Morgan fingerprint density at radius 3 is 2.82 bits per heavy atom. The van der Waals surface area contributed by atoms with Crippen LogP contribution in [0.1, 0.15) is 18.0 Å². The van der Waals surface area contributed by atoms with E-state index in [2.05, 4.69) is 61.7 Å². The molecule has 4 heterocycles. The second-order valence-corrected chi connectivity index (χ2v) is 15.7. The van der Waals surface area contributed by atoms with Gasteiger partial charge in [-0.3, -0.25) is 9.67 Å². The summed E-state index contributed by atoms with van der Waals surface area (Å²) >= 11 is 3.45. The normalized spacial score (nSPS) is 12.7. The van der Waals surface area contributed by atoms with Gasteiger partial charge in [0.1, 0.15) is 18.7 Å². The van der Waals surface area contributed by atoms with Gasteiger partial charge < -0.3 is 9.30 Å². The third-order valence-corrected chi connectivity index (χ3v) is 7.51. The minimum Gasteiger partial charge on any atom is -0.361 e. The molecule has 0 aliphatic heterocycles. The molecule has 8 nitrogen and oxygen atoms in total. The molecule has 1 atom stereocenters. The van der Waals surface area contributed by atoms with Gasteiger partial charge in [-0.2, -0.15) is 10.4 Å². The average molecular weight is 524 g/mol. The Morgan fingerprint density at radius 2 is 2.06 bits per heavy atom. The molecule has 4 rings (SSSR count). The predicted molar refractivity (Wildman–Crippen MR) is 133 cm³/mol. The van der Waals surface area contributed by atoms with Crippen LogP contribution in [-0.2, 0) is 11.5 Å². The van der Waals surface area contributed by atoms with Gasteiger partial charge in [-0.25, -0.2) is 9.97 Å². The summed E-state index contributed by atoms with van der Waals surface area (Å²) in [5.41, 5.74) is 3.40. The molecule has 0 amide bonds. The number of hydrogen-bond acceptors (Lipinski definition) is 6. The molecule has 0 saturated heterocycles. The molecule has 0 spiro atoms. The minimum atomic E-state index is -1.12. The van der Waals surface area contributed by atoms with Gasteiger partial charge in [-0.1, -0.05) is 19.6 Å². The molecule has 10 heteroatoms. The van der Waals surface area contributed by atoms with Crippen LogP contribution in [0.3, 0.4) is 0 Å². The first kappa shape index (κ1) is 23.3. The number of pyridine rings is 1. The predicted octanol–water partition coefficient (Wildman–Crippen LogP) is 5.27. The van der Waals surface area contributed by atoms with Crippen molar-refractivity contribution in [3.8, 4) is 17.3 Å². The fourth-order valence-electron chi connectivity index (χ4n) is 3.57. The van der Waals surface area contributed by atoms with E-state index in [1.165, 1.54) is 0 Å². The monoisotopic (exact) mass is 523 g/mol. The number of fused-ring (bicyclic) bond motifs is 1. The Morgan fingerprint density at radius 1 is 1.21 bits per heavy atom. The van der Waals surface area contributed by atoms with Crippen molar-refractivity contribution < 1.29 is 4.74 Å². The van der Waals surface area contributed by atoms with E-state index < -0.39 is 8.07 Å². The lowest BCUT2D eigenvalue weighted by atomic mass is 10.1. The lowest BCUT2D eigenvalue weighted by Gasteiger charge is -2.15. The third-order valence-electron chi connectivity index (χ3n) is 5.37. The first-order chi connectivity index (χ1) is 15.9. The summed E-state index contributed by atoms with van der Waals surface area (Å²) in [6.07, 6.45) is 11.0. The van der Waals surface area contributed by atoms with Crippen molar-refractivity contribution in [1.82, 2.24) is 29.3 Å². The van der Waals surface area contributed by atoms with Crippen LogP contribution < -0.4 is 0 Å². The average Bonchev–Trinajstić information content (AvgIpc) is 3.42. The van der Waals surface area contributed by atoms with Gasteiger partial charge in [0, 0.05) is 54.9 Å². The molecule has 0 aliphatic rings. The van der Waals surface area contributed by atoms with E-state index in [0.29, 0.717) is 6.73 Å². The minimum absolute atomic E-state index is 0.240. The molecule has 0 fully saturated rings. The summed E-state index contributed by atoms with van der Waals surface area (Å²) in [4.78, 5) is 13.2. The quantitative estimate of drug-likeness (QED) is 0.219. The van der Waals surface area contributed by atoms with Gasteiger partial charge in [0.25, 0.3) is 0 Å². The lowest BCUT2D eigenvalue weighted by Crippen LogP contribution is -2.22. The molecule has 0 N–H and O–H groups in total. The van der Waals surface area contributed by atoms with E-state index in [4.69, 9.17) is 4.74 Å². The van der Waals surface area contributed by atoms with Crippen LogP contribution in [-0.4, -0.2) is 44.0 Å². The molecule has 0 aromatic carbocycles. The van der Waals surface area contributed by atoms with Crippen LogP contribution in [0.4, 0.5) is 0 Å². The number of nitriles is 1. The van der Waals surface area contributed by atoms with E-state index in [9.17, 15) is 5.26 Å². The van der Waals surface area contributed by atoms with Crippen molar-refractivity contribution in [2.45, 2.75) is 44.9 Å². The fraction of sp³-hybridized carbons (Fsp3) is 0.348. The molecule has 33 heavy (non-hydrogen) atoms. The Labute approximate surface area is 202 Å². The summed E-state index contributed by atoms with van der Waals surface area (Å²) in [5.74, 6) is 0. The zero-order valence-electron chi connectivity index (χ0n) is 18.9. The number of aromatic nitrogens is 6. The van der Waals surface area contributed by atoms with Gasteiger partial charge in [0.15, 0.2) is 0 Å². The maximum absolute atomic E-state index is 9.37. The summed E-state index contributed by atoms with van der Waals surface area (Å²) in [6, 6.07) is 7.11. The molecule has 0 aliphatic carbocycles. The fourth-order valence-corrected chi connectivity index (χ4v) is 4.71. The van der Waals surface area contributed by atoms with Crippen LogP contribution in [0.2, 0.25) is 25.7 Å². The van der Waals surface area contributed by atoms with Crippen molar-refractivity contribution in [3.05, 3.63) is 59.5 Å². The van der Waals surface area contributed by atoms with Crippen LogP contribution in [0.5, 0.6) is 0 Å². The third kappa shape index (κ3) is 5.55. The van der Waals surface area contributed by atoms with Crippen molar-refractivity contribution >= 4 is 35.0 Å². The Kier molecular flexibility index (Phi) is 7.02. The Bertz CT molecular complexity index is 1290. The first-order valence-electron chi connectivity index (χ1n) is 10.8. The van der Waals surface area contributed by atoms with Gasteiger partial charge in [-0.05, 0) is 39.7 Å². The Balaban J connectivity index is 1.59. The standard InChI is InChI=1S/C23H26BrN7OSi/c1-33(2,3)9-8-32-16-30-7-5-20-22(27-15-28-23(20)30)18-12-29-31(14-18)21(4-6-25)17-10-19(24)13-26-11-17/h5,7,10-15,21H,4,8-9,16H2,1-3H3. The second-order valence-electron chi connectivity index (χ2n) is 9.12. The molecular formula is C23H26BrN7OSi. The van der Waals surface area contributed by atoms with E-state index in [1.54, 1.807) is 29.6 Å². The maximum atomic E-state index is 9.37. The van der Waals surface area contributed by atoms with E-state index in [0.717, 1.165) is 45.0 Å². The first-order valence-corrected chi connectivity index (χ1v) is 15.3. The van der Waals surface area contributed by atoms with Gasteiger partial charge >= 0.3 is 0 Å². The highest BCUT2D eigenvalue weighted by molar-refractivity contribution is 9.10. The maximum Gasteiger partial charge on any atom is 0.145 e. The van der Waals surface area contributed by atoms with Gasteiger partial charge in [0.05, 0.1) is 30.4 Å². The summed E-state index contributed by atoms with van der Waals surface area (Å²) in [7, 11) is -1.12. The lowest BCUT2D eigenvalue weighted by molar-refractivity contribution is 0.0899. The molecule has 1 unspecified atom stereocenters. The molecular weight excluding hydrogens is 498 g/mol. The van der Waals surface area contributed by atoms with E-state index in [-0.39, 0.29) is 12.5 Å². The van der Waals surface area contributed by atoms with Gasteiger partial charge in [-0.15, -0.1) is 0 Å². The van der Waals surface area contributed by atoms with Gasteiger partial charge in [0.2, 0.25) is 0 Å². The second kappa shape index (κ2) is 9.95. The highest BCUT2D eigenvalue weighted by Gasteiger charge is 2.18. The number of rotatable bonds is 9. The van der Waals surface area contributed by atoms with Crippen LogP contribution in [0.25, 0.3) is 22.3 Å². The topological polar surface area (TPSA) is 94.4 Å². The number of nitrogens with zero attached hydrogens (tertiary/aromatic N) is 7. The van der Waals surface area contributed by atoms with Crippen molar-refractivity contribution in [3.63, 3.8) is 0 Å². The van der Waals surface area contributed by atoms with Crippen LogP contribution in [0, 0.1) is 11.3 Å². The Hall–Kier alpha value is -2.87. The van der Waals surface area contributed by atoms with Crippen LogP contribution >= 0.6 is 15.9 Å². The molecule has 0 saturated carbocycles. The van der Waals surface area contributed by atoms with Crippen molar-refractivity contribution in [1.29, 1.82) is 5.26 Å². The van der Waals surface area contributed by atoms with Crippen LogP contribution in [0.15, 0.2) is 53.9 Å². The zero-order chi connectivity index (χ0) is 23.4. The van der Waals surface area contributed by atoms with E-state index in [1.807, 2.05) is 29.1 Å². The number of ether oxygens (including phenoxy) is 1. The number of halogens is 1. The van der Waals surface area contributed by atoms with E-state index >= 15 is 0 Å². The molecule has 170 valence electrons. The SMILES string of the molecule is C[Si](C)(C)CCOCn1ccc2c(-c3cnn(C(CC#N)c4cncc(Br)c4)c3)ncnc21. The summed E-state index contributed by atoms with van der Waals surface area (Å²) < 4.78 is 10.6. The highest BCUT2D eigenvalue weighted by Crippen LogP contribution is 2.29. The van der Waals surface area contributed by atoms with Crippen molar-refractivity contribution in [2.24, 2.45) is 0 Å². The largest absolute Gasteiger partial charge is 0.361 e. The molecule has 4 aromatic rings. The highest BCUT2D eigenvalue weighted by atomic mass is 79.9. The molecule has 4 aromatic heterocycles. The molecule has 0 radical (unpaired) electrons. The smallest absolute Gasteiger partial charge is 0.145 e. The van der Waals surface area contributed by atoms with Crippen molar-refractivity contribution in [2.75, 3.05) is 6.61 Å². The summed E-state index contributed by atoms with van der Waals surface area (Å²) in [5, 5.41) is 14.9. The molecule has 0 bridgehead atoms. The number of hydrogen-bond donors (Lipinski definition) is 0. The zero-order valence-corrected chi connectivity index (χ0v) is 21.5.